The van der Waals surface area contributed by atoms with Crippen LogP contribution in [0.3, 0.4) is 0 Å². The molecule has 0 saturated heterocycles. The molecule has 0 spiro atoms. The standard InChI is InChI=1S/C20H23F3N2O2/c1-12(11-18-15(4)24-14(3)13(2)19(18)26)25-27-10-9-16-5-7-17(8-6-16)20(21,22)23/h5-8H,9-11H2,1-4H3,(H,24,26). The first-order valence-electron chi connectivity index (χ1n) is 8.60. The van der Waals surface area contributed by atoms with Crippen LogP contribution in [0.1, 0.15) is 40.6 Å². The molecule has 7 heteroatoms. The molecule has 0 unspecified atom stereocenters. The fourth-order valence-electron chi connectivity index (χ4n) is 2.70. The number of nitrogens with one attached hydrogen (secondary N) is 1. The van der Waals surface area contributed by atoms with Gasteiger partial charge in [-0.15, -0.1) is 0 Å². The van der Waals surface area contributed by atoms with Gasteiger partial charge in [0, 0.05) is 35.4 Å². The van der Waals surface area contributed by atoms with E-state index in [9.17, 15) is 18.0 Å². The molecule has 0 fully saturated rings. The van der Waals surface area contributed by atoms with Gasteiger partial charge >= 0.3 is 6.18 Å². The van der Waals surface area contributed by atoms with E-state index in [0.717, 1.165) is 29.1 Å². The van der Waals surface area contributed by atoms with Crippen LogP contribution in [0.15, 0.2) is 34.2 Å². The molecule has 0 aliphatic carbocycles. The minimum Gasteiger partial charge on any atom is -0.396 e. The summed E-state index contributed by atoms with van der Waals surface area (Å²) >= 11 is 0. The highest BCUT2D eigenvalue weighted by Gasteiger charge is 2.29. The van der Waals surface area contributed by atoms with Crippen LogP contribution in [-0.4, -0.2) is 17.3 Å². The van der Waals surface area contributed by atoms with E-state index in [-0.39, 0.29) is 12.0 Å². The number of aromatic amines is 1. The number of aromatic nitrogens is 1. The van der Waals surface area contributed by atoms with Crippen LogP contribution in [0.25, 0.3) is 0 Å². The lowest BCUT2D eigenvalue weighted by atomic mass is 10.0. The molecule has 0 aliphatic rings. The summed E-state index contributed by atoms with van der Waals surface area (Å²) in [7, 11) is 0. The van der Waals surface area contributed by atoms with Crippen LogP contribution < -0.4 is 5.43 Å². The molecule has 0 amide bonds. The van der Waals surface area contributed by atoms with Crippen LogP contribution in [0, 0.1) is 20.8 Å². The second-order valence-corrected chi connectivity index (χ2v) is 6.59. The highest BCUT2D eigenvalue weighted by molar-refractivity contribution is 5.83. The molecule has 1 aromatic heterocycles. The van der Waals surface area contributed by atoms with Crippen molar-refractivity contribution in [2.45, 2.75) is 46.7 Å². The number of aryl methyl sites for hydroxylation is 2. The molecule has 1 heterocycles. The van der Waals surface area contributed by atoms with Gasteiger partial charge in [-0.25, -0.2) is 0 Å². The maximum atomic E-state index is 12.5. The van der Waals surface area contributed by atoms with Crippen molar-refractivity contribution in [2.75, 3.05) is 6.61 Å². The Morgan fingerprint density at radius 3 is 2.33 bits per heavy atom. The van der Waals surface area contributed by atoms with Gasteiger partial charge in [0.2, 0.25) is 0 Å². The van der Waals surface area contributed by atoms with Gasteiger partial charge in [0.1, 0.15) is 6.61 Å². The second-order valence-electron chi connectivity index (χ2n) is 6.59. The predicted octanol–water partition coefficient (Wildman–Crippen LogP) is 4.50. The average Bonchev–Trinajstić information content (AvgIpc) is 2.60. The molecule has 27 heavy (non-hydrogen) atoms. The number of rotatable bonds is 6. The van der Waals surface area contributed by atoms with Crippen molar-refractivity contribution in [3.63, 3.8) is 0 Å². The lowest BCUT2D eigenvalue weighted by molar-refractivity contribution is -0.137. The topological polar surface area (TPSA) is 54.5 Å². The Hall–Kier alpha value is -2.57. The number of alkyl halides is 3. The van der Waals surface area contributed by atoms with E-state index in [1.54, 1.807) is 13.8 Å². The van der Waals surface area contributed by atoms with Gasteiger partial charge in [-0.1, -0.05) is 17.3 Å². The second kappa shape index (κ2) is 8.41. The number of benzene rings is 1. The van der Waals surface area contributed by atoms with E-state index >= 15 is 0 Å². The highest BCUT2D eigenvalue weighted by Crippen LogP contribution is 2.29. The van der Waals surface area contributed by atoms with Crippen molar-refractivity contribution in [1.29, 1.82) is 0 Å². The lowest BCUT2D eigenvalue weighted by Crippen LogP contribution is -2.19. The normalized spacial score (nSPS) is 12.3. The Balaban J connectivity index is 1.92. The number of nitrogens with zero attached hydrogens (tertiary/aromatic N) is 1. The number of H-pyrrole nitrogens is 1. The zero-order chi connectivity index (χ0) is 20.2. The van der Waals surface area contributed by atoms with Crippen LogP contribution in [0.2, 0.25) is 0 Å². The van der Waals surface area contributed by atoms with Crippen LogP contribution in [-0.2, 0) is 23.9 Å². The molecule has 2 aromatic rings. The molecule has 146 valence electrons. The molecule has 0 radical (unpaired) electrons. The molecule has 1 aromatic carbocycles. The molecular formula is C20H23F3N2O2. The monoisotopic (exact) mass is 380 g/mol. The van der Waals surface area contributed by atoms with E-state index in [1.165, 1.54) is 12.1 Å². The summed E-state index contributed by atoms with van der Waals surface area (Å²) in [6, 6.07) is 4.97. The summed E-state index contributed by atoms with van der Waals surface area (Å²) in [5.41, 5.74) is 3.72. The van der Waals surface area contributed by atoms with Crippen molar-refractivity contribution in [2.24, 2.45) is 5.16 Å². The molecule has 2 rings (SSSR count). The number of oxime groups is 1. The van der Waals surface area contributed by atoms with E-state index in [0.29, 0.717) is 29.7 Å². The first kappa shape index (κ1) is 20.7. The average molecular weight is 380 g/mol. The maximum absolute atomic E-state index is 12.5. The molecule has 0 aliphatic heterocycles. The molecule has 4 nitrogen and oxygen atoms in total. The summed E-state index contributed by atoms with van der Waals surface area (Å²) in [6.07, 6.45) is -3.51. The minimum absolute atomic E-state index is 0.00283. The fraction of sp³-hybridized carbons (Fsp3) is 0.400. The smallest absolute Gasteiger partial charge is 0.396 e. The molecular weight excluding hydrogens is 357 g/mol. The minimum atomic E-state index is -4.33. The third-order valence-electron chi connectivity index (χ3n) is 4.42. The largest absolute Gasteiger partial charge is 0.416 e. The Bertz CT molecular complexity index is 882. The van der Waals surface area contributed by atoms with Crippen LogP contribution in [0.4, 0.5) is 13.2 Å². The van der Waals surface area contributed by atoms with Crippen LogP contribution in [0.5, 0.6) is 0 Å². The van der Waals surface area contributed by atoms with Gasteiger partial charge in [0.25, 0.3) is 0 Å². The van der Waals surface area contributed by atoms with E-state index in [4.69, 9.17) is 4.84 Å². The van der Waals surface area contributed by atoms with Crippen molar-refractivity contribution in [3.05, 3.63) is 68.1 Å². The molecule has 1 N–H and O–H groups in total. The first-order valence-corrected chi connectivity index (χ1v) is 8.60. The highest BCUT2D eigenvalue weighted by atomic mass is 19.4. The number of hydrogen-bond donors (Lipinski definition) is 1. The fourth-order valence-corrected chi connectivity index (χ4v) is 2.70. The lowest BCUT2D eigenvalue weighted by Gasteiger charge is -2.09. The Kier molecular flexibility index (Phi) is 6.46. The third kappa shape index (κ3) is 5.45. The molecule has 0 bridgehead atoms. The Morgan fingerprint density at radius 1 is 1.11 bits per heavy atom. The summed E-state index contributed by atoms with van der Waals surface area (Å²) < 4.78 is 37.6. The Labute approximate surface area is 156 Å². The van der Waals surface area contributed by atoms with Gasteiger partial charge in [0.05, 0.1) is 11.3 Å². The number of hydrogen-bond acceptors (Lipinski definition) is 3. The SMILES string of the molecule is CC(Cc1c(C)[nH]c(C)c(C)c1=O)=NOCCc1ccc(C(F)(F)F)cc1. The van der Waals surface area contributed by atoms with Gasteiger partial charge in [-0.3, -0.25) is 4.79 Å². The summed E-state index contributed by atoms with van der Waals surface area (Å²) in [4.78, 5) is 20.8. The Morgan fingerprint density at radius 2 is 1.74 bits per heavy atom. The number of halogens is 3. The summed E-state index contributed by atoms with van der Waals surface area (Å²) in [5.74, 6) is 0. The molecule has 0 saturated carbocycles. The number of pyridine rings is 1. The van der Waals surface area contributed by atoms with Gasteiger partial charge < -0.3 is 9.82 Å². The zero-order valence-electron chi connectivity index (χ0n) is 15.8. The molecule has 0 atom stereocenters. The summed E-state index contributed by atoms with van der Waals surface area (Å²) in [6.45, 7) is 7.50. The zero-order valence-corrected chi connectivity index (χ0v) is 15.8. The van der Waals surface area contributed by atoms with Crippen LogP contribution >= 0.6 is 0 Å². The van der Waals surface area contributed by atoms with E-state index < -0.39 is 11.7 Å². The first-order chi connectivity index (χ1) is 12.6. The van der Waals surface area contributed by atoms with E-state index in [1.807, 2.05) is 13.8 Å². The van der Waals surface area contributed by atoms with Gasteiger partial charge in [0.15, 0.2) is 5.43 Å². The van der Waals surface area contributed by atoms with Crippen molar-refractivity contribution < 1.29 is 18.0 Å². The van der Waals surface area contributed by atoms with E-state index in [2.05, 4.69) is 10.1 Å². The summed E-state index contributed by atoms with van der Waals surface area (Å²) in [5, 5.41) is 4.01. The third-order valence-corrected chi connectivity index (χ3v) is 4.42. The van der Waals surface area contributed by atoms with Gasteiger partial charge in [-0.2, -0.15) is 13.2 Å². The quantitative estimate of drug-likeness (QED) is 0.456. The van der Waals surface area contributed by atoms with Crippen molar-refractivity contribution >= 4 is 5.71 Å². The maximum Gasteiger partial charge on any atom is 0.416 e. The van der Waals surface area contributed by atoms with Gasteiger partial charge in [-0.05, 0) is 45.4 Å². The predicted molar refractivity (Wildman–Crippen MR) is 99.2 cm³/mol. The van der Waals surface area contributed by atoms with Crippen molar-refractivity contribution in [3.8, 4) is 0 Å². The van der Waals surface area contributed by atoms with Crippen molar-refractivity contribution in [1.82, 2.24) is 4.98 Å².